The van der Waals surface area contributed by atoms with Gasteiger partial charge in [-0.2, -0.15) is 0 Å². The van der Waals surface area contributed by atoms with Crippen LogP contribution in [0.5, 0.6) is 0 Å². The van der Waals surface area contributed by atoms with Crippen molar-refractivity contribution >= 4 is 17.6 Å². The summed E-state index contributed by atoms with van der Waals surface area (Å²) in [4.78, 5) is 10.7. The number of unbranched alkanes of at least 4 members (excludes halogenated alkanes) is 8. The minimum atomic E-state index is -0.304. The number of hydrogen-bond donors (Lipinski definition) is 0. The van der Waals surface area contributed by atoms with Crippen molar-refractivity contribution in [1.29, 1.82) is 0 Å². The van der Waals surface area contributed by atoms with E-state index in [9.17, 15) is 4.79 Å². The highest BCUT2D eigenvalue weighted by Gasteiger charge is 1.98. The summed E-state index contributed by atoms with van der Waals surface area (Å²) in [6, 6.07) is 0. The van der Waals surface area contributed by atoms with Gasteiger partial charge in [-0.3, -0.25) is 4.79 Å². The van der Waals surface area contributed by atoms with Crippen molar-refractivity contribution in [1.82, 2.24) is 0 Å². The fraction of sp³-hybridized carbons (Fsp3) is 0.923. The molecule has 0 saturated carbocycles. The van der Waals surface area contributed by atoms with Crippen LogP contribution in [0.1, 0.15) is 64.7 Å². The van der Waals surface area contributed by atoms with Crippen molar-refractivity contribution in [2.75, 3.05) is 12.5 Å². The van der Waals surface area contributed by atoms with Gasteiger partial charge in [-0.25, -0.2) is 0 Å². The van der Waals surface area contributed by atoms with Gasteiger partial charge in [-0.1, -0.05) is 58.3 Å². The van der Waals surface area contributed by atoms with E-state index in [0.29, 0.717) is 6.61 Å². The number of hydrogen-bond acceptors (Lipinski definition) is 2. The predicted octanol–water partition coefficient (Wildman–Crippen LogP) is 4.30. The van der Waals surface area contributed by atoms with E-state index in [-0.39, 0.29) is 11.8 Å². The van der Waals surface area contributed by atoms with E-state index < -0.39 is 0 Å². The molecule has 0 aromatic rings. The summed E-state index contributed by atoms with van der Waals surface area (Å²) in [5, 5.41) is 0. The molecule has 0 N–H and O–H groups in total. The molecule has 0 aliphatic carbocycles. The van der Waals surface area contributed by atoms with E-state index in [0.717, 1.165) is 12.8 Å². The van der Waals surface area contributed by atoms with E-state index in [1.54, 1.807) is 0 Å². The summed E-state index contributed by atoms with van der Waals surface area (Å²) in [5.74, 6) is -0.335. The Morgan fingerprint density at radius 3 is 1.94 bits per heavy atom. The van der Waals surface area contributed by atoms with Crippen LogP contribution in [-0.4, -0.2) is 18.5 Å². The van der Waals surface area contributed by atoms with Crippen LogP contribution < -0.4 is 0 Å². The number of alkyl halides is 1. The van der Waals surface area contributed by atoms with Gasteiger partial charge in [-0.15, -0.1) is 11.6 Å². The van der Waals surface area contributed by atoms with Gasteiger partial charge in [-0.05, 0) is 6.42 Å². The Bertz CT molecular complexity index is 160. The molecule has 0 spiro atoms. The fourth-order valence-corrected chi connectivity index (χ4v) is 1.71. The summed E-state index contributed by atoms with van der Waals surface area (Å²) in [5.41, 5.74) is 0. The number of rotatable bonds is 11. The first-order valence-electron chi connectivity index (χ1n) is 6.52. The molecule has 0 saturated heterocycles. The number of carbonyl (C=O) groups is 1. The Kier molecular flexibility index (Phi) is 12.6. The second-order valence-electron chi connectivity index (χ2n) is 4.18. The van der Waals surface area contributed by atoms with Crippen LogP contribution in [-0.2, 0) is 9.53 Å². The van der Waals surface area contributed by atoms with Gasteiger partial charge in [0.2, 0.25) is 0 Å². The number of halogens is 1. The minimum absolute atomic E-state index is 0.0303. The number of ether oxygens (including phenoxy) is 1. The maximum atomic E-state index is 10.7. The second kappa shape index (κ2) is 12.8. The largest absolute Gasteiger partial charge is 0.465 e. The molecule has 0 atom stereocenters. The summed E-state index contributed by atoms with van der Waals surface area (Å²) in [6.07, 6.45) is 11.5. The third-order valence-electron chi connectivity index (χ3n) is 2.62. The molecular weight excluding hydrogens is 224 g/mol. The third kappa shape index (κ3) is 11.8. The summed E-state index contributed by atoms with van der Waals surface area (Å²) < 4.78 is 4.88. The second-order valence-corrected chi connectivity index (χ2v) is 4.45. The van der Waals surface area contributed by atoms with Crippen LogP contribution in [0.3, 0.4) is 0 Å². The van der Waals surface area contributed by atoms with Gasteiger partial charge in [0.05, 0.1) is 6.61 Å². The molecule has 96 valence electrons. The lowest BCUT2D eigenvalue weighted by atomic mass is 10.1. The molecule has 0 radical (unpaired) electrons. The smallest absolute Gasteiger partial charge is 0.320 e. The maximum absolute atomic E-state index is 10.7. The molecule has 16 heavy (non-hydrogen) atoms. The van der Waals surface area contributed by atoms with Crippen molar-refractivity contribution in [2.24, 2.45) is 0 Å². The Balaban J connectivity index is 2.96. The van der Waals surface area contributed by atoms with Crippen molar-refractivity contribution in [2.45, 2.75) is 64.7 Å². The number of esters is 1. The van der Waals surface area contributed by atoms with Crippen molar-refractivity contribution in [3.05, 3.63) is 0 Å². The Morgan fingerprint density at radius 1 is 0.938 bits per heavy atom. The SMILES string of the molecule is CCCCCCCCCCCOC(=O)CCl. The molecule has 0 rings (SSSR count). The minimum Gasteiger partial charge on any atom is -0.465 e. The number of carbonyl (C=O) groups excluding carboxylic acids is 1. The first-order chi connectivity index (χ1) is 7.81. The molecule has 0 aliphatic heterocycles. The molecule has 0 amide bonds. The van der Waals surface area contributed by atoms with Crippen molar-refractivity contribution in [3.8, 4) is 0 Å². The zero-order valence-corrected chi connectivity index (χ0v) is 11.2. The van der Waals surface area contributed by atoms with Crippen LogP contribution in [0.2, 0.25) is 0 Å². The average Bonchev–Trinajstić information content (AvgIpc) is 2.31. The van der Waals surface area contributed by atoms with Crippen molar-refractivity contribution < 1.29 is 9.53 Å². The zero-order valence-electron chi connectivity index (χ0n) is 10.5. The monoisotopic (exact) mass is 248 g/mol. The lowest BCUT2D eigenvalue weighted by molar-refractivity contribution is -0.140. The van der Waals surface area contributed by atoms with Crippen LogP contribution in [0.25, 0.3) is 0 Å². The first-order valence-corrected chi connectivity index (χ1v) is 7.06. The Hall–Kier alpha value is -0.240. The normalized spacial score (nSPS) is 10.4. The van der Waals surface area contributed by atoms with Gasteiger partial charge in [0, 0.05) is 0 Å². The standard InChI is InChI=1S/C13H25ClO2/c1-2-3-4-5-6-7-8-9-10-11-16-13(15)12-14/h2-12H2,1H3. The van der Waals surface area contributed by atoms with Gasteiger partial charge in [0.1, 0.15) is 5.88 Å². The average molecular weight is 249 g/mol. The molecule has 0 aromatic carbocycles. The lowest BCUT2D eigenvalue weighted by Crippen LogP contribution is -2.06. The molecule has 0 heterocycles. The van der Waals surface area contributed by atoms with Gasteiger partial charge in [0.15, 0.2) is 0 Å². The highest BCUT2D eigenvalue weighted by atomic mass is 35.5. The van der Waals surface area contributed by atoms with Gasteiger partial charge < -0.3 is 4.74 Å². The highest BCUT2D eigenvalue weighted by Crippen LogP contribution is 2.09. The van der Waals surface area contributed by atoms with Gasteiger partial charge in [0.25, 0.3) is 0 Å². The molecule has 0 unspecified atom stereocenters. The van der Waals surface area contributed by atoms with E-state index in [1.165, 1.54) is 44.9 Å². The van der Waals surface area contributed by atoms with E-state index in [4.69, 9.17) is 16.3 Å². The van der Waals surface area contributed by atoms with Crippen LogP contribution in [0.4, 0.5) is 0 Å². The predicted molar refractivity (Wildman–Crippen MR) is 68.9 cm³/mol. The maximum Gasteiger partial charge on any atom is 0.320 e. The van der Waals surface area contributed by atoms with Crippen molar-refractivity contribution in [3.63, 3.8) is 0 Å². The fourth-order valence-electron chi connectivity index (χ4n) is 1.64. The van der Waals surface area contributed by atoms with Gasteiger partial charge >= 0.3 is 5.97 Å². The zero-order chi connectivity index (χ0) is 12.1. The molecule has 0 aromatic heterocycles. The Labute approximate surface area is 105 Å². The topological polar surface area (TPSA) is 26.3 Å². The third-order valence-corrected chi connectivity index (χ3v) is 2.84. The molecular formula is C13H25ClO2. The highest BCUT2D eigenvalue weighted by molar-refractivity contribution is 6.26. The van der Waals surface area contributed by atoms with E-state index in [1.807, 2.05) is 0 Å². The van der Waals surface area contributed by atoms with Crippen LogP contribution in [0, 0.1) is 0 Å². The van der Waals surface area contributed by atoms with E-state index in [2.05, 4.69) is 6.92 Å². The van der Waals surface area contributed by atoms with Crippen LogP contribution >= 0.6 is 11.6 Å². The Morgan fingerprint density at radius 2 is 1.44 bits per heavy atom. The van der Waals surface area contributed by atoms with Crippen LogP contribution in [0.15, 0.2) is 0 Å². The molecule has 2 nitrogen and oxygen atoms in total. The molecule has 0 aliphatic rings. The van der Waals surface area contributed by atoms with E-state index >= 15 is 0 Å². The summed E-state index contributed by atoms with van der Waals surface area (Å²) in [6.45, 7) is 2.77. The molecule has 0 bridgehead atoms. The first kappa shape index (κ1) is 15.8. The summed E-state index contributed by atoms with van der Waals surface area (Å²) in [7, 11) is 0. The molecule has 0 fully saturated rings. The summed E-state index contributed by atoms with van der Waals surface area (Å²) >= 11 is 5.30. The quantitative estimate of drug-likeness (QED) is 0.310. The lowest BCUT2D eigenvalue weighted by Gasteiger charge is -2.03. The molecule has 3 heteroatoms.